The van der Waals surface area contributed by atoms with Gasteiger partial charge in [0, 0.05) is 13.2 Å². The van der Waals surface area contributed by atoms with Gasteiger partial charge in [0.25, 0.3) is 0 Å². The summed E-state index contributed by atoms with van der Waals surface area (Å²) in [7, 11) is 0. The maximum atomic E-state index is 8.63. The number of unbranched alkanes of at least 4 members (excludes halogenated alkanes) is 3. The molecule has 1 aromatic rings. The second-order valence-electron chi connectivity index (χ2n) is 3.59. The van der Waals surface area contributed by atoms with Gasteiger partial charge in [-0.15, -0.1) is 0 Å². The summed E-state index contributed by atoms with van der Waals surface area (Å²) in [6, 6.07) is 8.71. The van der Waals surface area contributed by atoms with Crippen LogP contribution in [0.3, 0.4) is 0 Å². The Morgan fingerprint density at radius 3 is 2.12 bits per heavy atom. The lowest BCUT2D eigenvalue weighted by Crippen LogP contribution is -1.92. The number of aromatic hydroxyl groups is 1. The monoisotopic (exact) mass is 224 g/mol. The van der Waals surface area contributed by atoms with Crippen LogP contribution in [-0.2, 0) is 4.74 Å². The summed E-state index contributed by atoms with van der Waals surface area (Å²) in [5, 5.41) is 8.63. The zero-order valence-electron chi connectivity index (χ0n) is 10.5. The molecule has 0 amide bonds. The molecular formula is C14H24O2. The van der Waals surface area contributed by atoms with Crippen LogP contribution in [-0.4, -0.2) is 18.3 Å². The van der Waals surface area contributed by atoms with Gasteiger partial charge < -0.3 is 9.84 Å². The van der Waals surface area contributed by atoms with E-state index in [1.807, 2.05) is 13.0 Å². The maximum Gasteiger partial charge on any atom is 0.115 e. The van der Waals surface area contributed by atoms with Crippen LogP contribution in [0, 0.1) is 0 Å². The lowest BCUT2D eigenvalue weighted by molar-refractivity contribution is 0.143. The van der Waals surface area contributed by atoms with Crippen LogP contribution in [0.25, 0.3) is 0 Å². The molecule has 2 heteroatoms. The number of phenols is 1. The molecule has 0 aromatic heterocycles. The average Bonchev–Trinajstić information content (AvgIpc) is 2.31. The van der Waals surface area contributed by atoms with Crippen molar-refractivity contribution in [1.29, 1.82) is 0 Å². The molecule has 0 fully saturated rings. The van der Waals surface area contributed by atoms with Gasteiger partial charge in [0.15, 0.2) is 0 Å². The molecule has 0 heterocycles. The van der Waals surface area contributed by atoms with Gasteiger partial charge in [-0.1, -0.05) is 44.4 Å². The molecular weight excluding hydrogens is 200 g/mol. The van der Waals surface area contributed by atoms with Gasteiger partial charge in [0.1, 0.15) is 5.75 Å². The Bertz CT molecular complexity index is 215. The molecule has 0 aliphatic rings. The van der Waals surface area contributed by atoms with E-state index in [0.717, 1.165) is 13.2 Å². The number of hydrogen-bond donors (Lipinski definition) is 1. The molecule has 0 aliphatic carbocycles. The van der Waals surface area contributed by atoms with E-state index in [9.17, 15) is 0 Å². The second-order valence-corrected chi connectivity index (χ2v) is 3.59. The van der Waals surface area contributed by atoms with Crippen molar-refractivity contribution >= 4 is 0 Å². The lowest BCUT2D eigenvalue weighted by atomic mass is 10.2. The normalized spacial score (nSPS) is 9.38. The Morgan fingerprint density at radius 1 is 1.00 bits per heavy atom. The Hall–Kier alpha value is -1.02. The molecule has 0 radical (unpaired) electrons. The summed E-state index contributed by atoms with van der Waals surface area (Å²) in [5.74, 6) is 0.322. The van der Waals surface area contributed by atoms with E-state index >= 15 is 0 Å². The van der Waals surface area contributed by atoms with Gasteiger partial charge >= 0.3 is 0 Å². The van der Waals surface area contributed by atoms with Crippen LogP contribution >= 0.6 is 0 Å². The molecule has 0 aliphatic heterocycles. The number of para-hydroxylation sites is 1. The Kier molecular flexibility index (Phi) is 11.3. The number of rotatable bonds is 6. The summed E-state index contributed by atoms with van der Waals surface area (Å²) < 4.78 is 5.18. The third-order valence-electron chi connectivity index (χ3n) is 2.10. The molecule has 92 valence electrons. The number of hydrogen-bond acceptors (Lipinski definition) is 2. The standard InChI is InChI=1S/C8H18O.C6H6O/c1-3-5-6-7-8-9-4-2;7-6-4-2-1-3-5-6/h3-8H2,1-2H3;1-5,7H. The van der Waals surface area contributed by atoms with Gasteiger partial charge in [0.2, 0.25) is 0 Å². The lowest BCUT2D eigenvalue weighted by Gasteiger charge is -1.98. The van der Waals surface area contributed by atoms with Crippen molar-refractivity contribution < 1.29 is 9.84 Å². The molecule has 16 heavy (non-hydrogen) atoms. The van der Waals surface area contributed by atoms with Crippen LogP contribution in [0.15, 0.2) is 30.3 Å². The van der Waals surface area contributed by atoms with E-state index < -0.39 is 0 Å². The number of phenolic OH excluding ortho intramolecular Hbond substituents is 1. The first-order chi connectivity index (χ1) is 7.81. The van der Waals surface area contributed by atoms with Crippen LogP contribution in [0.2, 0.25) is 0 Å². The van der Waals surface area contributed by atoms with E-state index in [-0.39, 0.29) is 0 Å². The van der Waals surface area contributed by atoms with E-state index in [2.05, 4.69) is 6.92 Å². The quantitative estimate of drug-likeness (QED) is 0.740. The first-order valence-electron chi connectivity index (χ1n) is 6.13. The summed E-state index contributed by atoms with van der Waals surface area (Å²) >= 11 is 0. The van der Waals surface area contributed by atoms with E-state index in [4.69, 9.17) is 9.84 Å². The summed E-state index contributed by atoms with van der Waals surface area (Å²) in [6.45, 7) is 6.09. The first kappa shape index (κ1) is 15.0. The molecule has 2 nitrogen and oxygen atoms in total. The predicted molar refractivity (Wildman–Crippen MR) is 68.7 cm³/mol. The van der Waals surface area contributed by atoms with Crippen molar-refractivity contribution in [3.05, 3.63) is 30.3 Å². The van der Waals surface area contributed by atoms with Gasteiger partial charge in [-0.25, -0.2) is 0 Å². The highest BCUT2D eigenvalue weighted by Gasteiger charge is 1.85. The largest absolute Gasteiger partial charge is 0.508 e. The Labute approximate surface area is 99.3 Å². The zero-order chi connectivity index (χ0) is 12.1. The predicted octanol–water partition coefficient (Wildman–Crippen LogP) is 4.00. The summed E-state index contributed by atoms with van der Waals surface area (Å²) in [4.78, 5) is 0. The minimum atomic E-state index is 0.322. The molecule has 0 atom stereocenters. The molecule has 1 aromatic carbocycles. The van der Waals surface area contributed by atoms with Gasteiger partial charge in [0.05, 0.1) is 0 Å². The second kappa shape index (κ2) is 12.1. The van der Waals surface area contributed by atoms with Crippen LogP contribution in [0.5, 0.6) is 5.75 Å². The van der Waals surface area contributed by atoms with E-state index in [1.165, 1.54) is 25.7 Å². The van der Waals surface area contributed by atoms with Gasteiger partial charge in [-0.3, -0.25) is 0 Å². The van der Waals surface area contributed by atoms with Crippen molar-refractivity contribution in [2.75, 3.05) is 13.2 Å². The fourth-order valence-corrected chi connectivity index (χ4v) is 1.20. The molecule has 0 unspecified atom stereocenters. The van der Waals surface area contributed by atoms with Crippen LogP contribution < -0.4 is 0 Å². The highest BCUT2D eigenvalue weighted by atomic mass is 16.5. The van der Waals surface area contributed by atoms with Crippen LogP contribution in [0.4, 0.5) is 0 Å². The molecule has 0 bridgehead atoms. The van der Waals surface area contributed by atoms with Gasteiger partial charge in [-0.2, -0.15) is 0 Å². The highest BCUT2D eigenvalue weighted by molar-refractivity contribution is 5.18. The molecule has 0 spiro atoms. The Balaban J connectivity index is 0.000000288. The minimum Gasteiger partial charge on any atom is -0.508 e. The smallest absolute Gasteiger partial charge is 0.115 e. The summed E-state index contributed by atoms with van der Waals surface area (Å²) in [5.41, 5.74) is 0. The van der Waals surface area contributed by atoms with Crippen molar-refractivity contribution in [1.82, 2.24) is 0 Å². The van der Waals surface area contributed by atoms with Crippen molar-refractivity contribution in [2.45, 2.75) is 39.5 Å². The minimum absolute atomic E-state index is 0.322. The van der Waals surface area contributed by atoms with Crippen molar-refractivity contribution in [3.63, 3.8) is 0 Å². The third-order valence-corrected chi connectivity index (χ3v) is 2.10. The topological polar surface area (TPSA) is 29.5 Å². The highest BCUT2D eigenvalue weighted by Crippen LogP contribution is 2.02. The van der Waals surface area contributed by atoms with Crippen molar-refractivity contribution in [2.24, 2.45) is 0 Å². The van der Waals surface area contributed by atoms with Crippen molar-refractivity contribution in [3.8, 4) is 5.75 Å². The zero-order valence-corrected chi connectivity index (χ0v) is 10.5. The van der Waals surface area contributed by atoms with E-state index in [0.29, 0.717) is 5.75 Å². The first-order valence-corrected chi connectivity index (χ1v) is 6.13. The average molecular weight is 224 g/mol. The maximum absolute atomic E-state index is 8.63. The molecule has 1 N–H and O–H groups in total. The third kappa shape index (κ3) is 11.1. The summed E-state index contributed by atoms with van der Waals surface area (Å²) in [6.07, 6.45) is 5.23. The SMILES string of the molecule is CCCCCCOCC.Oc1ccccc1. The van der Waals surface area contributed by atoms with E-state index in [1.54, 1.807) is 24.3 Å². The number of ether oxygens (including phenoxy) is 1. The fourth-order valence-electron chi connectivity index (χ4n) is 1.20. The van der Waals surface area contributed by atoms with Crippen LogP contribution in [0.1, 0.15) is 39.5 Å². The molecule has 1 rings (SSSR count). The number of benzene rings is 1. The molecule has 0 saturated carbocycles. The van der Waals surface area contributed by atoms with Gasteiger partial charge in [-0.05, 0) is 25.5 Å². The Morgan fingerprint density at radius 2 is 1.69 bits per heavy atom. The fraction of sp³-hybridized carbons (Fsp3) is 0.571. The molecule has 0 saturated heterocycles.